The van der Waals surface area contributed by atoms with Crippen molar-refractivity contribution in [1.29, 1.82) is 0 Å². The van der Waals surface area contributed by atoms with Gasteiger partial charge in [0.2, 0.25) is 0 Å². The number of rotatable bonds is 2. The maximum Gasteiger partial charge on any atom is 0.128 e. The van der Waals surface area contributed by atoms with Gasteiger partial charge in [0.05, 0.1) is 5.60 Å². The van der Waals surface area contributed by atoms with E-state index in [9.17, 15) is 5.11 Å². The summed E-state index contributed by atoms with van der Waals surface area (Å²) in [7, 11) is 0. The molecule has 3 N–H and O–H groups in total. The van der Waals surface area contributed by atoms with Crippen LogP contribution in [0.2, 0.25) is 0 Å². The Morgan fingerprint density at radius 1 is 1.56 bits per heavy atom. The van der Waals surface area contributed by atoms with Crippen molar-refractivity contribution in [3.8, 4) is 0 Å². The van der Waals surface area contributed by atoms with Crippen LogP contribution < -0.4 is 10.6 Å². The van der Waals surface area contributed by atoms with E-state index in [4.69, 9.17) is 5.73 Å². The predicted octanol–water partition coefficient (Wildman–Crippen LogP) is 1.06. The maximum absolute atomic E-state index is 9.88. The second kappa shape index (κ2) is 4.03. The molecule has 16 heavy (non-hydrogen) atoms. The van der Waals surface area contributed by atoms with Crippen LogP contribution in [0.15, 0.2) is 18.3 Å². The summed E-state index contributed by atoms with van der Waals surface area (Å²) in [5.41, 5.74) is 6.22. The largest absolute Gasteiger partial charge is 0.388 e. The molecule has 0 spiro atoms. The molecule has 1 fully saturated rings. The average Bonchev–Trinajstić information content (AvgIpc) is 2.59. The number of anilines is 1. The van der Waals surface area contributed by atoms with E-state index in [0.717, 1.165) is 24.3 Å². The van der Waals surface area contributed by atoms with E-state index in [1.54, 1.807) is 0 Å². The third-order valence-electron chi connectivity index (χ3n) is 3.07. The molecule has 0 aromatic carbocycles. The smallest absolute Gasteiger partial charge is 0.128 e. The standard InChI is InChI=1S/C12H19N3O/c1-9(13)10-3-4-11(14-7-10)15-6-5-12(2,16)8-15/h3-4,7,9,16H,5-6,8,13H2,1-2H3/t9-,12?/m0/s1. The first kappa shape index (κ1) is 11.4. The van der Waals surface area contributed by atoms with Crippen LogP contribution in [0, 0.1) is 0 Å². The second-order valence-electron chi connectivity index (χ2n) is 4.91. The van der Waals surface area contributed by atoms with Crippen molar-refractivity contribution < 1.29 is 5.11 Å². The molecule has 0 aliphatic carbocycles. The Hall–Kier alpha value is -1.13. The molecule has 1 saturated heterocycles. The minimum Gasteiger partial charge on any atom is -0.388 e. The fourth-order valence-electron chi connectivity index (χ4n) is 1.99. The van der Waals surface area contributed by atoms with E-state index in [0.29, 0.717) is 6.54 Å². The van der Waals surface area contributed by atoms with Gasteiger partial charge in [-0.15, -0.1) is 0 Å². The zero-order valence-electron chi connectivity index (χ0n) is 9.85. The summed E-state index contributed by atoms with van der Waals surface area (Å²) in [6.45, 7) is 5.32. The van der Waals surface area contributed by atoms with Gasteiger partial charge in [0, 0.05) is 25.3 Å². The molecule has 1 aromatic heterocycles. The van der Waals surface area contributed by atoms with Crippen molar-refractivity contribution >= 4 is 5.82 Å². The van der Waals surface area contributed by atoms with Crippen molar-refractivity contribution in [1.82, 2.24) is 4.98 Å². The van der Waals surface area contributed by atoms with Gasteiger partial charge in [-0.2, -0.15) is 0 Å². The van der Waals surface area contributed by atoms with Crippen LogP contribution in [0.1, 0.15) is 31.9 Å². The lowest BCUT2D eigenvalue weighted by atomic mass is 10.1. The minimum atomic E-state index is -0.582. The fraction of sp³-hybridized carbons (Fsp3) is 0.583. The first-order valence-electron chi connectivity index (χ1n) is 5.67. The van der Waals surface area contributed by atoms with Gasteiger partial charge < -0.3 is 15.7 Å². The van der Waals surface area contributed by atoms with E-state index in [1.807, 2.05) is 32.2 Å². The highest BCUT2D eigenvalue weighted by Crippen LogP contribution is 2.25. The first-order valence-corrected chi connectivity index (χ1v) is 5.67. The zero-order valence-corrected chi connectivity index (χ0v) is 9.85. The predicted molar refractivity (Wildman–Crippen MR) is 64.3 cm³/mol. The van der Waals surface area contributed by atoms with E-state index in [2.05, 4.69) is 9.88 Å². The first-order chi connectivity index (χ1) is 7.48. The third-order valence-corrected chi connectivity index (χ3v) is 3.07. The molecule has 1 aromatic rings. The number of aliphatic hydroxyl groups is 1. The Morgan fingerprint density at radius 3 is 2.75 bits per heavy atom. The van der Waals surface area contributed by atoms with Crippen molar-refractivity contribution in [2.24, 2.45) is 5.73 Å². The van der Waals surface area contributed by atoms with E-state index in [-0.39, 0.29) is 6.04 Å². The summed E-state index contributed by atoms with van der Waals surface area (Å²) in [6, 6.07) is 3.99. The van der Waals surface area contributed by atoms with E-state index >= 15 is 0 Å². The van der Waals surface area contributed by atoms with Gasteiger partial charge in [0.1, 0.15) is 5.82 Å². The second-order valence-corrected chi connectivity index (χ2v) is 4.91. The van der Waals surface area contributed by atoms with Crippen LogP contribution in [-0.4, -0.2) is 28.8 Å². The Bertz CT molecular complexity index is 359. The number of hydrogen-bond donors (Lipinski definition) is 2. The van der Waals surface area contributed by atoms with Crippen LogP contribution in [0.5, 0.6) is 0 Å². The van der Waals surface area contributed by atoms with Gasteiger partial charge >= 0.3 is 0 Å². The Morgan fingerprint density at radius 2 is 2.31 bits per heavy atom. The van der Waals surface area contributed by atoms with Gasteiger partial charge in [-0.1, -0.05) is 6.07 Å². The van der Waals surface area contributed by atoms with Crippen molar-refractivity contribution in [2.45, 2.75) is 31.9 Å². The Kier molecular flexibility index (Phi) is 2.86. The summed E-state index contributed by atoms with van der Waals surface area (Å²) in [4.78, 5) is 6.48. The molecule has 4 heteroatoms. The van der Waals surface area contributed by atoms with Gasteiger partial charge in [0.25, 0.3) is 0 Å². The minimum absolute atomic E-state index is 0.0169. The highest BCUT2D eigenvalue weighted by atomic mass is 16.3. The van der Waals surface area contributed by atoms with Crippen molar-refractivity contribution in [3.05, 3.63) is 23.9 Å². The van der Waals surface area contributed by atoms with Gasteiger partial charge in [-0.05, 0) is 31.9 Å². The molecule has 0 bridgehead atoms. The summed E-state index contributed by atoms with van der Waals surface area (Å²) in [6.07, 6.45) is 2.61. The molecule has 2 atom stereocenters. The topological polar surface area (TPSA) is 62.4 Å². The molecule has 0 radical (unpaired) electrons. The van der Waals surface area contributed by atoms with E-state index < -0.39 is 5.60 Å². The van der Waals surface area contributed by atoms with Crippen molar-refractivity contribution in [3.63, 3.8) is 0 Å². The number of β-amino-alcohol motifs (C(OH)–C–C–N with tert-alkyl or cyclic N) is 1. The molecule has 0 saturated carbocycles. The van der Waals surface area contributed by atoms with Crippen molar-refractivity contribution in [2.75, 3.05) is 18.0 Å². The fourth-order valence-corrected chi connectivity index (χ4v) is 1.99. The normalized spacial score (nSPS) is 27.1. The summed E-state index contributed by atoms with van der Waals surface area (Å²) in [5.74, 6) is 0.919. The Balaban J connectivity index is 2.11. The molecule has 1 aliphatic rings. The van der Waals surface area contributed by atoms with Gasteiger partial charge in [0.15, 0.2) is 0 Å². The van der Waals surface area contributed by atoms with Gasteiger partial charge in [-0.3, -0.25) is 0 Å². The summed E-state index contributed by atoms with van der Waals surface area (Å²) in [5, 5.41) is 9.88. The van der Waals surface area contributed by atoms with Crippen LogP contribution in [0.4, 0.5) is 5.82 Å². The van der Waals surface area contributed by atoms with E-state index in [1.165, 1.54) is 0 Å². The number of nitrogens with two attached hydrogens (primary N) is 1. The molecule has 0 amide bonds. The molecule has 88 valence electrons. The lowest BCUT2D eigenvalue weighted by Gasteiger charge is -2.20. The number of aromatic nitrogens is 1. The average molecular weight is 221 g/mol. The molecule has 1 unspecified atom stereocenters. The molecule has 4 nitrogen and oxygen atoms in total. The molecule has 2 rings (SSSR count). The number of hydrogen-bond acceptors (Lipinski definition) is 4. The van der Waals surface area contributed by atoms with Crippen LogP contribution in [0.3, 0.4) is 0 Å². The third kappa shape index (κ3) is 2.33. The Labute approximate surface area is 96.1 Å². The molecule has 1 aliphatic heterocycles. The van der Waals surface area contributed by atoms with Gasteiger partial charge in [-0.25, -0.2) is 4.98 Å². The monoisotopic (exact) mass is 221 g/mol. The maximum atomic E-state index is 9.88. The quantitative estimate of drug-likeness (QED) is 0.784. The van der Waals surface area contributed by atoms with Crippen LogP contribution in [-0.2, 0) is 0 Å². The van der Waals surface area contributed by atoms with Crippen LogP contribution in [0.25, 0.3) is 0 Å². The van der Waals surface area contributed by atoms with Crippen LogP contribution >= 0.6 is 0 Å². The highest BCUT2D eigenvalue weighted by molar-refractivity contribution is 5.41. The molecular formula is C12H19N3O. The zero-order chi connectivity index (χ0) is 11.8. The summed E-state index contributed by atoms with van der Waals surface area (Å²) >= 11 is 0. The highest BCUT2D eigenvalue weighted by Gasteiger charge is 2.31. The summed E-state index contributed by atoms with van der Waals surface area (Å²) < 4.78 is 0. The number of pyridine rings is 1. The lowest BCUT2D eigenvalue weighted by molar-refractivity contribution is 0.0839. The molecule has 2 heterocycles. The molecular weight excluding hydrogens is 202 g/mol. The lowest BCUT2D eigenvalue weighted by Crippen LogP contribution is -2.30. The number of nitrogens with zero attached hydrogens (tertiary/aromatic N) is 2. The SMILES string of the molecule is C[C@H](N)c1ccc(N2CCC(C)(O)C2)nc1.